The maximum atomic E-state index is 13.6. The van der Waals surface area contributed by atoms with Crippen molar-refractivity contribution in [2.24, 2.45) is 11.7 Å². The van der Waals surface area contributed by atoms with Gasteiger partial charge in [0, 0.05) is 26.3 Å². The van der Waals surface area contributed by atoms with Gasteiger partial charge < -0.3 is 31.7 Å². The number of carbonyl (C=O) groups excluding carboxylic acids is 4. The number of benzene rings is 2. The average Bonchev–Trinajstić information content (AvgIpc) is 3.34. The fraction of sp³-hybridized carbons (Fsp3) is 0.448. The second-order valence-corrected chi connectivity index (χ2v) is 10.4. The molecule has 2 aliphatic rings. The first-order chi connectivity index (χ1) is 18.7. The van der Waals surface area contributed by atoms with E-state index in [2.05, 4.69) is 16.0 Å². The molecule has 2 aliphatic heterocycles. The molecule has 4 atom stereocenters. The number of likely N-dealkylation sites (tertiary alicyclic amines) is 1. The fourth-order valence-corrected chi connectivity index (χ4v) is 5.45. The van der Waals surface area contributed by atoms with Crippen molar-refractivity contribution in [1.29, 1.82) is 0 Å². The molecule has 2 heterocycles. The van der Waals surface area contributed by atoms with Crippen molar-refractivity contribution in [1.82, 2.24) is 20.9 Å². The molecular weight excluding hydrogens is 498 g/mol. The summed E-state index contributed by atoms with van der Waals surface area (Å²) in [5.74, 6) is -2.07. The van der Waals surface area contributed by atoms with E-state index in [9.17, 15) is 24.3 Å². The zero-order chi connectivity index (χ0) is 27.9. The third-order valence-electron chi connectivity index (χ3n) is 7.51. The van der Waals surface area contributed by atoms with E-state index >= 15 is 0 Å². The lowest BCUT2D eigenvalue weighted by molar-refractivity contribution is -0.143. The van der Waals surface area contributed by atoms with Gasteiger partial charge in [0.15, 0.2) is 0 Å². The summed E-state index contributed by atoms with van der Waals surface area (Å²) in [6, 6.07) is 14.8. The highest BCUT2D eigenvalue weighted by Gasteiger charge is 2.44. The molecule has 2 saturated heterocycles. The minimum atomic E-state index is -0.995. The Labute approximate surface area is 228 Å². The van der Waals surface area contributed by atoms with Crippen LogP contribution in [0.2, 0.25) is 0 Å². The summed E-state index contributed by atoms with van der Waals surface area (Å²) in [5, 5.41) is 19.1. The Morgan fingerprint density at radius 3 is 2.26 bits per heavy atom. The number of aliphatic hydroxyl groups is 1. The predicted molar refractivity (Wildman–Crippen MR) is 146 cm³/mol. The van der Waals surface area contributed by atoms with Gasteiger partial charge in [-0.15, -0.1) is 0 Å². The fourth-order valence-electron chi connectivity index (χ4n) is 5.45. The van der Waals surface area contributed by atoms with Crippen LogP contribution in [0.5, 0.6) is 0 Å². The van der Waals surface area contributed by atoms with E-state index in [1.165, 1.54) is 11.8 Å². The Balaban J connectivity index is 1.45. The topological polar surface area (TPSA) is 154 Å². The minimum Gasteiger partial charge on any atom is -0.391 e. The van der Waals surface area contributed by atoms with Gasteiger partial charge in [0.05, 0.1) is 6.10 Å². The first kappa shape index (κ1) is 28.3. The number of amides is 4. The largest absolute Gasteiger partial charge is 0.391 e. The number of aliphatic hydroxyl groups excluding tert-OH is 1. The number of piperidine rings is 1. The molecule has 4 amide bonds. The molecule has 0 spiro atoms. The van der Waals surface area contributed by atoms with Crippen molar-refractivity contribution in [2.75, 3.05) is 19.6 Å². The van der Waals surface area contributed by atoms with Crippen LogP contribution in [0, 0.1) is 5.92 Å². The smallest absolute Gasteiger partial charge is 0.246 e. The molecule has 6 N–H and O–H groups in total. The molecule has 10 heteroatoms. The van der Waals surface area contributed by atoms with Crippen LogP contribution in [0.4, 0.5) is 0 Å². The summed E-state index contributed by atoms with van der Waals surface area (Å²) in [4.78, 5) is 52.5. The molecule has 0 aromatic heterocycles. The molecule has 4 rings (SSSR count). The van der Waals surface area contributed by atoms with Crippen molar-refractivity contribution in [3.05, 3.63) is 60.2 Å². The number of rotatable bonds is 9. The highest BCUT2D eigenvalue weighted by atomic mass is 16.3. The van der Waals surface area contributed by atoms with Gasteiger partial charge in [-0.3, -0.25) is 19.2 Å². The normalized spacial score (nSPS) is 21.1. The van der Waals surface area contributed by atoms with Crippen LogP contribution in [0.25, 0.3) is 11.1 Å². The number of nitrogens with zero attached hydrogens (tertiary/aromatic N) is 1. The molecule has 208 valence electrons. The number of nitrogens with one attached hydrogen (secondary N) is 3. The Bertz CT molecular complexity index is 1170. The molecule has 0 unspecified atom stereocenters. The number of hydrogen-bond acceptors (Lipinski definition) is 6. The molecule has 0 aliphatic carbocycles. The van der Waals surface area contributed by atoms with Gasteiger partial charge in [-0.25, -0.2) is 0 Å². The van der Waals surface area contributed by atoms with Crippen LogP contribution in [-0.4, -0.2) is 77.5 Å². The maximum absolute atomic E-state index is 13.6. The molecule has 0 radical (unpaired) electrons. The van der Waals surface area contributed by atoms with E-state index in [4.69, 9.17) is 5.73 Å². The van der Waals surface area contributed by atoms with Crippen LogP contribution in [0.3, 0.4) is 0 Å². The van der Waals surface area contributed by atoms with Gasteiger partial charge >= 0.3 is 0 Å². The Hall–Kier alpha value is -3.76. The van der Waals surface area contributed by atoms with Crippen molar-refractivity contribution in [3.8, 4) is 11.1 Å². The lowest BCUT2D eigenvalue weighted by atomic mass is 9.89. The van der Waals surface area contributed by atoms with Gasteiger partial charge in [0.25, 0.3) is 0 Å². The molecule has 39 heavy (non-hydrogen) atoms. The highest BCUT2D eigenvalue weighted by molar-refractivity contribution is 5.94. The maximum Gasteiger partial charge on any atom is 0.246 e. The molecule has 0 saturated carbocycles. The Kier molecular flexibility index (Phi) is 9.32. The molecule has 10 nitrogen and oxygen atoms in total. The van der Waals surface area contributed by atoms with E-state index in [0.717, 1.165) is 29.8 Å². The lowest BCUT2D eigenvalue weighted by Gasteiger charge is -2.34. The second-order valence-electron chi connectivity index (χ2n) is 10.4. The van der Waals surface area contributed by atoms with Crippen LogP contribution >= 0.6 is 0 Å². The van der Waals surface area contributed by atoms with Gasteiger partial charge in [-0.1, -0.05) is 54.6 Å². The molecule has 2 aromatic carbocycles. The van der Waals surface area contributed by atoms with Gasteiger partial charge in [0.1, 0.15) is 18.1 Å². The predicted octanol–water partition coefficient (Wildman–Crippen LogP) is 0.332. The lowest BCUT2D eigenvalue weighted by Crippen LogP contribution is -2.58. The number of carbonyl (C=O) groups is 4. The first-order valence-electron chi connectivity index (χ1n) is 13.4. The summed E-state index contributed by atoms with van der Waals surface area (Å²) in [5.41, 5.74) is 8.54. The summed E-state index contributed by atoms with van der Waals surface area (Å²) in [6.45, 7) is 2.79. The molecule has 0 bridgehead atoms. The van der Waals surface area contributed by atoms with Crippen LogP contribution in [-0.2, 0) is 25.6 Å². The van der Waals surface area contributed by atoms with Crippen molar-refractivity contribution >= 4 is 23.6 Å². The van der Waals surface area contributed by atoms with E-state index < -0.39 is 42.0 Å². The quantitative estimate of drug-likeness (QED) is 0.312. The molecular formula is C29H37N5O5. The second kappa shape index (κ2) is 12.9. The molecule has 2 aromatic rings. The van der Waals surface area contributed by atoms with Crippen LogP contribution in [0.15, 0.2) is 54.6 Å². The summed E-state index contributed by atoms with van der Waals surface area (Å²) in [7, 11) is 0. The average molecular weight is 536 g/mol. The summed E-state index contributed by atoms with van der Waals surface area (Å²) in [6.07, 6.45) is 0.734. The van der Waals surface area contributed by atoms with Gasteiger partial charge in [0.2, 0.25) is 23.6 Å². The van der Waals surface area contributed by atoms with E-state index in [1.807, 2.05) is 54.6 Å². The number of nitrogens with two attached hydrogens (primary N) is 1. The first-order valence-corrected chi connectivity index (χ1v) is 13.4. The zero-order valence-electron chi connectivity index (χ0n) is 22.1. The van der Waals surface area contributed by atoms with Crippen molar-refractivity contribution in [2.45, 2.75) is 56.8 Å². The number of hydrogen-bond donors (Lipinski definition) is 5. The van der Waals surface area contributed by atoms with E-state index in [-0.39, 0.29) is 31.2 Å². The van der Waals surface area contributed by atoms with E-state index in [1.54, 1.807) is 0 Å². The standard InChI is InChI=1S/C29H37N5O5/c1-18(35)32-26(22-11-13-31-14-12-22)29(39)34-17-23(36)16-25(34)28(38)33-24(27(30)37)15-19-7-9-21(10-8-19)20-5-3-2-4-6-20/h2-10,22-26,31,36H,11-17H2,1H3,(H2,30,37)(H,32,35)(H,33,38)/t23-,24-,25+,26+/m1/s1. The van der Waals surface area contributed by atoms with Gasteiger partial charge in [-0.05, 0) is 48.5 Å². The summed E-state index contributed by atoms with van der Waals surface area (Å²) >= 11 is 0. The molecule has 2 fully saturated rings. The highest BCUT2D eigenvalue weighted by Crippen LogP contribution is 2.25. The zero-order valence-corrected chi connectivity index (χ0v) is 22.1. The monoisotopic (exact) mass is 535 g/mol. The third-order valence-corrected chi connectivity index (χ3v) is 7.51. The SMILES string of the molecule is CC(=O)N[C@H](C(=O)N1C[C@H](O)C[C@H]1C(=O)N[C@H](Cc1ccc(-c2ccccc2)cc1)C(N)=O)C1CCNCC1. The Morgan fingerprint density at radius 2 is 1.64 bits per heavy atom. The third kappa shape index (κ3) is 7.21. The van der Waals surface area contributed by atoms with Gasteiger partial charge in [-0.2, -0.15) is 0 Å². The van der Waals surface area contributed by atoms with Crippen molar-refractivity contribution in [3.63, 3.8) is 0 Å². The summed E-state index contributed by atoms with van der Waals surface area (Å²) < 4.78 is 0. The number of primary amides is 1. The van der Waals surface area contributed by atoms with E-state index in [0.29, 0.717) is 12.8 Å². The Morgan fingerprint density at radius 1 is 1.00 bits per heavy atom. The van der Waals surface area contributed by atoms with Crippen LogP contribution < -0.4 is 21.7 Å². The van der Waals surface area contributed by atoms with Crippen molar-refractivity contribution < 1.29 is 24.3 Å². The minimum absolute atomic E-state index is 0.0276. The van der Waals surface area contributed by atoms with Crippen LogP contribution in [0.1, 0.15) is 31.7 Å². The number of β-amino-alcohol motifs (C(OH)–C–C–N with tert-alkyl or cyclic N) is 1.